The maximum absolute atomic E-state index is 12.8. The minimum Gasteiger partial charge on any atom is -0.506 e. The number of aromatic amines is 1. The normalized spacial score (nSPS) is 16.4. The van der Waals surface area contributed by atoms with Crippen LogP contribution in [0.15, 0.2) is 29.1 Å². The Hall–Kier alpha value is -2.60. The van der Waals surface area contributed by atoms with Gasteiger partial charge >= 0.3 is 0 Å². The van der Waals surface area contributed by atoms with Crippen LogP contribution in [0.5, 0.6) is 5.75 Å². The Labute approximate surface area is 167 Å². The van der Waals surface area contributed by atoms with E-state index in [9.17, 15) is 14.7 Å². The van der Waals surface area contributed by atoms with Crippen LogP contribution < -0.4 is 10.9 Å². The fourth-order valence-electron chi connectivity index (χ4n) is 3.84. The number of H-pyrrole nitrogens is 1. The highest BCUT2D eigenvalue weighted by Gasteiger charge is 2.27. The number of pyridine rings is 1. The van der Waals surface area contributed by atoms with Gasteiger partial charge in [0.15, 0.2) is 0 Å². The average Bonchev–Trinajstić information content (AvgIpc) is 2.99. The number of aryl methyl sites for hydroxylation is 1. The number of benzene rings is 1. The highest BCUT2D eigenvalue weighted by atomic mass is 32.1. The Morgan fingerprint density at radius 1 is 1.29 bits per heavy atom. The van der Waals surface area contributed by atoms with Crippen molar-refractivity contribution >= 4 is 33.1 Å². The third-order valence-electron chi connectivity index (χ3n) is 5.50. The highest BCUT2D eigenvalue weighted by molar-refractivity contribution is 7.18. The minimum absolute atomic E-state index is 0.206. The number of carbonyl (C=O) groups excluding carboxylic acids is 1. The third-order valence-corrected chi connectivity index (χ3v) is 6.67. The number of aromatic hydroxyl groups is 1. The smallest absolute Gasteiger partial charge is 0.265 e. The molecular formula is C22H24N2O3S. The van der Waals surface area contributed by atoms with Crippen molar-refractivity contribution < 1.29 is 9.90 Å². The molecule has 2 heterocycles. The number of rotatable bonds is 3. The van der Waals surface area contributed by atoms with E-state index < -0.39 is 11.5 Å². The van der Waals surface area contributed by atoms with Gasteiger partial charge in [-0.1, -0.05) is 32.9 Å². The first-order chi connectivity index (χ1) is 13.3. The van der Waals surface area contributed by atoms with Crippen LogP contribution in [0.25, 0.3) is 10.2 Å². The zero-order chi connectivity index (χ0) is 20.0. The van der Waals surface area contributed by atoms with E-state index in [-0.39, 0.29) is 11.3 Å². The van der Waals surface area contributed by atoms with Gasteiger partial charge < -0.3 is 15.4 Å². The molecule has 1 atom stereocenters. The molecule has 1 amide bonds. The molecule has 3 N–H and O–H groups in total. The molecule has 0 saturated heterocycles. The number of fused-ring (bicyclic) bond motifs is 3. The van der Waals surface area contributed by atoms with Crippen molar-refractivity contribution in [3.05, 3.63) is 56.2 Å². The van der Waals surface area contributed by atoms with Crippen LogP contribution in [0.2, 0.25) is 0 Å². The summed E-state index contributed by atoms with van der Waals surface area (Å²) in [6.07, 6.45) is 2.84. The molecule has 0 radical (unpaired) electrons. The topological polar surface area (TPSA) is 82.2 Å². The summed E-state index contributed by atoms with van der Waals surface area (Å²) < 4.78 is 0. The first kappa shape index (κ1) is 18.7. The molecule has 146 valence electrons. The zero-order valence-electron chi connectivity index (χ0n) is 16.3. The Kier molecular flexibility index (Phi) is 4.75. The molecule has 0 bridgehead atoms. The molecule has 4 rings (SSSR count). The Balaban J connectivity index is 1.71. The van der Waals surface area contributed by atoms with Crippen LogP contribution in [0.1, 0.15) is 59.5 Å². The predicted octanol–water partition coefficient (Wildman–Crippen LogP) is 4.80. The van der Waals surface area contributed by atoms with E-state index in [0.717, 1.165) is 24.8 Å². The lowest BCUT2D eigenvalue weighted by molar-refractivity contribution is 0.102. The van der Waals surface area contributed by atoms with Gasteiger partial charge in [-0.3, -0.25) is 9.59 Å². The number of hydrogen-bond donors (Lipinski definition) is 3. The molecule has 1 aliphatic carbocycles. The number of thiophene rings is 1. The zero-order valence-corrected chi connectivity index (χ0v) is 17.1. The molecular weight excluding hydrogens is 372 g/mol. The molecule has 28 heavy (non-hydrogen) atoms. The standard InChI is InChI=1S/C22H24N2O3S/c1-11(2)13-5-7-14(8-6-13)23-20(26)18-19(25)17-15-9-4-12(3)10-16(15)28-22(17)24-21(18)27/h5-8,11-12H,4,9-10H2,1-3H3,(H,23,26)(H2,24,25,27)/t12-/m1/s1. The van der Waals surface area contributed by atoms with Gasteiger partial charge in [0.05, 0.1) is 5.39 Å². The van der Waals surface area contributed by atoms with E-state index in [1.807, 2.05) is 24.3 Å². The number of nitrogens with one attached hydrogen (secondary N) is 2. The van der Waals surface area contributed by atoms with E-state index in [4.69, 9.17) is 0 Å². The van der Waals surface area contributed by atoms with Gasteiger partial charge in [-0.05, 0) is 54.4 Å². The lowest BCUT2D eigenvalue weighted by Crippen LogP contribution is -2.23. The summed E-state index contributed by atoms with van der Waals surface area (Å²) in [5.41, 5.74) is 2.04. The highest BCUT2D eigenvalue weighted by Crippen LogP contribution is 2.41. The van der Waals surface area contributed by atoms with Crippen LogP contribution in [0.4, 0.5) is 5.69 Å². The SMILES string of the molecule is CC(C)c1ccc(NC(=O)c2c(O)c3c4c(sc3[nH]c2=O)C[C@H](C)CC4)cc1. The lowest BCUT2D eigenvalue weighted by atomic mass is 9.89. The number of hydrogen-bond acceptors (Lipinski definition) is 4. The minimum atomic E-state index is -0.595. The first-order valence-electron chi connectivity index (χ1n) is 9.66. The van der Waals surface area contributed by atoms with Crippen molar-refractivity contribution in [2.45, 2.75) is 46.0 Å². The van der Waals surface area contributed by atoms with Crippen LogP contribution in [0.3, 0.4) is 0 Å². The van der Waals surface area contributed by atoms with Crippen LogP contribution in [-0.2, 0) is 12.8 Å². The van der Waals surface area contributed by atoms with E-state index in [1.165, 1.54) is 21.8 Å². The summed E-state index contributed by atoms with van der Waals surface area (Å²) in [6, 6.07) is 7.52. The summed E-state index contributed by atoms with van der Waals surface area (Å²) in [6.45, 7) is 6.41. The Morgan fingerprint density at radius 3 is 2.68 bits per heavy atom. The van der Waals surface area contributed by atoms with Crippen LogP contribution >= 0.6 is 11.3 Å². The van der Waals surface area contributed by atoms with E-state index >= 15 is 0 Å². The number of aromatic nitrogens is 1. The molecule has 1 aliphatic rings. The second-order valence-corrected chi connectivity index (χ2v) is 9.07. The van der Waals surface area contributed by atoms with E-state index in [0.29, 0.717) is 27.7 Å². The van der Waals surface area contributed by atoms with Crippen molar-refractivity contribution in [1.82, 2.24) is 4.98 Å². The maximum Gasteiger partial charge on any atom is 0.265 e. The molecule has 2 aromatic heterocycles. The van der Waals surface area contributed by atoms with Crippen molar-refractivity contribution in [3.63, 3.8) is 0 Å². The molecule has 0 spiro atoms. The number of amides is 1. The monoisotopic (exact) mass is 396 g/mol. The summed E-state index contributed by atoms with van der Waals surface area (Å²) in [4.78, 5) is 30.0. The van der Waals surface area contributed by atoms with Crippen molar-refractivity contribution in [3.8, 4) is 5.75 Å². The molecule has 0 unspecified atom stereocenters. The van der Waals surface area contributed by atoms with Crippen LogP contribution in [-0.4, -0.2) is 16.0 Å². The quantitative estimate of drug-likeness (QED) is 0.595. The molecule has 0 fully saturated rings. The van der Waals surface area contributed by atoms with Gasteiger partial charge in [-0.15, -0.1) is 11.3 Å². The van der Waals surface area contributed by atoms with Gasteiger partial charge in [0.1, 0.15) is 16.1 Å². The van der Waals surface area contributed by atoms with Gasteiger partial charge in [-0.25, -0.2) is 0 Å². The van der Waals surface area contributed by atoms with Gasteiger partial charge in [0.2, 0.25) is 0 Å². The third kappa shape index (κ3) is 3.22. The summed E-state index contributed by atoms with van der Waals surface area (Å²) in [5, 5.41) is 14.2. The first-order valence-corrected chi connectivity index (χ1v) is 10.5. The summed E-state index contributed by atoms with van der Waals surface area (Å²) in [7, 11) is 0. The predicted molar refractivity (Wildman–Crippen MR) is 114 cm³/mol. The van der Waals surface area contributed by atoms with Gasteiger partial charge in [-0.2, -0.15) is 0 Å². The maximum atomic E-state index is 12.8. The van der Waals surface area contributed by atoms with Crippen molar-refractivity contribution in [2.24, 2.45) is 5.92 Å². The molecule has 0 aliphatic heterocycles. The van der Waals surface area contributed by atoms with E-state index in [2.05, 4.69) is 31.1 Å². The molecule has 0 saturated carbocycles. The van der Waals surface area contributed by atoms with E-state index in [1.54, 1.807) is 0 Å². The van der Waals surface area contributed by atoms with Crippen molar-refractivity contribution in [1.29, 1.82) is 0 Å². The largest absolute Gasteiger partial charge is 0.506 e. The molecule has 5 nitrogen and oxygen atoms in total. The Bertz CT molecular complexity index is 1110. The summed E-state index contributed by atoms with van der Waals surface area (Å²) in [5.74, 6) is 0.182. The second-order valence-electron chi connectivity index (χ2n) is 7.96. The fraction of sp³-hybridized carbons (Fsp3) is 0.364. The molecule has 6 heteroatoms. The van der Waals surface area contributed by atoms with Gasteiger partial charge in [0.25, 0.3) is 11.5 Å². The number of anilines is 1. The molecule has 3 aromatic rings. The summed E-state index contributed by atoms with van der Waals surface area (Å²) >= 11 is 1.51. The fourth-order valence-corrected chi connectivity index (χ4v) is 5.25. The van der Waals surface area contributed by atoms with Gasteiger partial charge in [0, 0.05) is 10.6 Å². The Morgan fingerprint density at radius 2 is 2.00 bits per heavy atom. The molecule has 1 aromatic carbocycles. The van der Waals surface area contributed by atoms with Crippen molar-refractivity contribution in [2.75, 3.05) is 5.32 Å². The number of carbonyl (C=O) groups is 1. The van der Waals surface area contributed by atoms with Crippen LogP contribution in [0, 0.1) is 5.92 Å². The average molecular weight is 397 g/mol. The second kappa shape index (κ2) is 7.09. The lowest BCUT2D eigenvalue weighted by Gasteiger charge is -2.18.